The van der Waals surface area contributed by atoms with Gasteiger partial charge in [0.2, 0.25) is 0 Å². The Hall–Kier alpha value is -2.15. The van der Waals surface area contributed by atoms with Gasteiger partial charge in [0.25, 0.3) is 0 Å². The van der Waals surface area contributed by atoms with Crippen LogP contribution in [0.1, 0.15) is 6.92 Å². The Morgan fingerprint density at radius 2 is 2.30 bits per heavy atom. The Balaban J connectivity index is 1.76. The molecule has 1 aromatic carbocycles. The molecule has 0 bridgehead atoms. The van der Waals surface area contributed by atoms with Gasteiger partial charge in [-0.1, -0.05) is 12.1 Å². The van der Waals surface area contributed by atoms with Crippen molar-refractivity contribution in [2.24, 2.45) is 0 Å². The summed E-state index contributed by atoms with van der Waals surface area (Å²) in [5.74, 6) is -0.256. The molecule has 1 atom stereocenters. The number of benzene rings is 1. The summed E-state index contributed by atoms with van der Waals surface area (Å²) in [5.41, 5.74) is 0. The lowest BCUT2D eigenvalue weighted by atomic mass is 10.3. The monoisotopic (exact) mass is 295 g/mol. The number of carbonyl (C=O) groups excluding carboxylic acids is 1. The first-order valence-electron chi connectivity index (χ1n) is 6.00. The summed E-state index contributed by atoms with van der Waals surface area (Å²) in [6.45, 7) is 2.00. The van der Waals surface area contributed by atoms with Crippen LogP contribution in [0.2, 0.25) is 0 Å². The third kappa shape index (κ3) is 4.20. The summed E-state index contributed by atoms with van der Waals surface area (Å²) in [4.78, 5) is 15.5. The van der Waals surface area contributed by atoms with Crippen LogP contribution in [0, 0.1) is 5.82 Å². The van der Waals surface area contributed by atoms with Gasteiger partial charge in [-0.05, 0) is 19.1 Å². The Labute approximate surface area is 119 Å². The van der Waals surface area contributed by atoms with Crippen LogP contribution < -0.4 is 15.4 Å². The van der Waals surface area contributed by atoms with Gasteiger partial charge >= 0.3 is 6.03 Å². The van der Waals surface area contributed by atoms with Crippen molar-refractivity contribution >= 4 is 22.5 Å². The maximum atomic E-state index is 13.4. The molecule has 1 heterocycles. The lowest BCUT2D eigenvalue weighted by Crippen LogP contribution is -2.36. The highest BCUT2D eigenvalue weighted by Gasteiger charge is 2.10. The molecule has 0 saturated carbocycles. The molecule has 0 aliphatic rings. The molecular formula is C13H14FN3O2S. The number of ether oxygens (including phenoxy) is 1. The molecule has 0 aliphatic carbocycles. The summed E-state index contributed by atoms with van der Waals surface area (Å²) < 4.78 is 18.8. The van der Waals surface area contributed by atoms with E-state index in [0.717, 1.165) is 0 Å². The number of aromatic nitrogens is 1. The van der Waals surface area contributed by atoms with Gasteiger partial charge in [-0.15, -0.1) is 11.3 Å². The van der Waals surface area contributed by atoms with E-state index in [4.69, 9.17) is 4.74 Å². The summed E-state index contributed by atoms with van der Waals surface area (Å²) >= 11 is 1.33. The lowest BCUT2D eigenvalue weighted by molar-refractivity contribution is 0.205. The summed E-state index contributed by atoms with van der Waals surface area (Å²) in [7, 11) is 0. The average molecular weight is 295 g/mol. The maximum Gasteiger partial charge on any atom is 0.321 e. The minimum absolute atomic E-state index is 0.169. The van der Waals surface area contributed by atoms with Crippen molar-refractivity contribution < 1.29 is 13.9 Å². The molecule has 0 radical (unpaired) electrons. The number of hydrogen-bond donors (Lipinski definition) is 2. The van der Waals surface area contributed by atoms with Gasteiger partial charge < -0.3 is 10.1 Å². The van der Waals surface area contributed by atoms with E-state index in [1.165, 1.54) is 17.4 Å². The van der Waals surface area contributed by atoms with Crippen LogP contribution in [0.15, 0.2) is 35.8 Å². The first kappa shape index (κ1) is 14.3. The zero-order chi connectivity index (χ0) is 14.4. The van der Waals surface area contributed by atoms with Crippen molar-refractivity contribution in [1.82, 2.24) is 10.3 Å². The van der Waals surface area contributed by atoms with Gasteiger partial charge in [0.1, 0.15) is 6.10 Å². The summed E-state index contributed by atoms with van der Waals surface area (Å²) in [6, 6.07) is 5.77. The van der Waals surface area contributed by atoms with Gasteiger partial charge in [-0.3, -0.25) is 5.32 Å². The number of nitrogens with one attached hydrogen (secondary N) is 2. The number of halogens is 1. The van der Waals surface area contributed by atoms with Crippen LogP contribution in [0.5, 0.6) is 5.75 Å². The Kier molecular flexibility index (Phi) is 4.89. The van der Waals surface area contributed by atoms with E-state index in [9.17, 15) is 9.18 Å². The first-order chi connectivity index (χ1) is 9.65. The van der Waals surface area contributed by atoms with Crippen LogP contribution in [0.4, 0.5) is 14.3 Å². The van der Waals surface area contributed by atoms with Crippen LogP contribution in [-0.2, 0) is 0 Å². The number of thiazole rings is 1. The largest absolute Gasteiger partial charge is 0.486 e. The molecular weight excluding hydrogens is 281 g/mol. The summed E-state index contributed by atoms with van der Waals surface area (Å²) in [5, 5.41) is 7.49. The van der Waals surface area contributed by atoms with Gasteiger partial charge in [-0.2, -0.15) is 0 Å². The molecule has 20 heavy (non-hydrogen) atoms. The fourth-order valence-electron chi connectivity index (χ4n) is 1.46. The molecule has 0 spiro atoms. The van der Waals surface area contributed by atoms with Crippen LogP contribution in [0.25, 0.3) is 0 Å². The highest BCUT2D eigenvalue weighted by atomic mass is 32.1. The second kappa shape index (κ2) is 6.85. The molecule has 2 N–H and O–H groups in total. The quantitative estimate of drug-likeness (QED) is 0.891. The maximum absolute atomic E-state index is 13.4. The molecule has 2 amide bonds. The van der Waals surface area contributed by atoms with Crippen LogP contribution >= 0.6 is 11.3 Å². The topological polar surface area (TPSA) is 63.2 Å². The average Bonchev–Trinajstić information content (AvgIpc) is 2.92. The fourth-order valence-corrected chi connectivity index (χ4v) is 1.99. The van der Waals surface area contributed by atoms with Crippen LogP contribution in [0.3, 0.4) is 0 Å². The number of nitrogens with zero attached hydrogens (tertiary/aromatic N) is 1. The number of urea groups is 1. The molecule has 2 aromatic rings. The normalized spacial score (nSPS) is 11.7. The molecule has 0 fully saturated rings. The zero-order valence-electron chi connectivity index (χ0n) is 10.8. The number of carbonyl (C=O) groups is 1. The van der Waals surface area contributed by atoms with E-state index < -0.39 is 5.82 Å². The second-order valence-electron chi connectivity index (χ2n) is 4.03. The number of para-hydroxylation sites is 1. The molecule has 1 aromatic heterocycles. The highest BCUT2D eigenvalue weighted by molar-refractivity contribution is 7.13. The molecule has 5 nitrogen and oxygen atoms in total. The van der Waals surface area contributed by atoms with E-state index in [-0.39, 0.29) is 24.4 Å². The van der Waals surface area contributed by atoms with Crippen molar-refractivity contribution in [3.05, 3.63) is 41.7 Å². The predicted molar refractivity (Wildman–Crippen MR) is 75.6 cm³/mol. The third-order valence-corrected chi connectivity index (χ3v) is 3.06. The van der Waals surface area contributed by atoms with Gasteiger partial charge in [0.15, 0.2) is 16.7 Å². The van der Waals surface area contributed by atoms with Crippen molar-refractivity contribution in [2.45, 2.75) is 13.0 Å². The number of hydrogen-bond acceptors (Lipinski definition) is 4. The minimum Gasteiger partial charge on any atom is -0.486 e. The Morgan fingerprint density at radius 1 is 1.50 bits per heavy atom. The standard InChI is InChI=1S/C13H14FN3O2S/c1-9(19-11-5-3-2-4-10(11)14)8-16-12(18)17-13-15-6-7-20-13/h2-7,9H,8H2,1H3,(H2,15,16,17,18)/t9-/m1/s1. The van der Waals surface area contributed by atoms with E-state index in [2.05, 4.69) is 15.6 Å². The second-order valence-corrected chi connectivity index (χ2v) is 4.93. The zero-order valence-corrected chi connectivity index (χ0v) is 11.6. The molecule has 0 saturated heterocycles. The molecule has 2 rings (SSSR count). The molecule has 106 valence electrons. The minimum atomic E-state index is -0.424. The molecule has 7 heteroatoms. The SMILES string of the molecule is C[C@H](CNC(=O)Nc1nccs1)Oc1ccccc1F. The number of anilines is 1. The Bertz CT molecular complexity index is 563. The van der Waals surface area contributed by atoms with Gasteiger partial charge in [0, 0.05) is 11.6 Å². The first-order valence-corrected chi connectivity index (χ1v) is 6.88. The van der Waals surface area contributed by atoms with Gasteiger partial charge in [0.05, 0.1) is 6.54 Å². The number of rotatable bonds is 5. The predicted octanol–water partition coefficient (Wildman–Crippen LogP) is 2.87. The lowest BCUT2D eigenvalue weighted by Gasteiger charge is -2.15. The van der Waals surface area contributed by atoms with Crippen molar-refractivity contribution in [1.29, 1.82) is 0 Å². The van der Waals surface area contributed by atoms with E-state index in [1.54, 1.807) is 36.7 Å². The van der Waals surface area contributed by atoms with Gasteiger partial charge in [-0.25, -0.2) is 14.2 Å². The smallest absolute Gasteiger partial charge is 0.321 e. The van der Waals surface area contributed by atoms with E-state index >= 15 is 0 Å². The van der Waals surface area contributed by atoms with E-state index in [1.807, 2.05) is 0 Å². The summed E-state index contributed by atoms with van der Waals surface area (Å²) in [6.07, 6.45) is 1.25. The van der Waals surface area contributed by atoms with Crippen molar-refractivity contribution in [3.8, 4) is 5.75 Å². The van der Waals surface area contributed by atoms with E-state index in [0.29, 0.717) is 5.13 Å². The molecule has 0 unspecified atom stereocenters. The Morgan fingerprint density at radius 3 is 3.00 bits per heavy atom. The van der Waals surface area contributed by atoms with Crippen LogP contribution in [-0.4, -0.2) is 23.7 Å². The number of amides is 2. The third-order valence-electron chi connectivity index (χ3n) is 2.37. The fraction of sp³-hybridized carbons (Fsp3) is 0.231. The van der Waals surface area contributed by atoms with Crippen molar-refractivity contribution in [2.75, 3.05) is 11.9 Å². The molecule has 0 aliphatic heterocycles. The van der Waals surface area contributed by atoms with Crippen molar-refractivity contribution in [3.63, 3.8) is 0 Å². The highest BCUT2D eigenvalue weighted by Crippen LogP contribution is 2.16.